The number of carboxylic acids is 1. The van der Waals surface area contributed by atoms with Crippen LogP contribution in [-0.2, 0) is 4.79 Å². The molecule has 5 heteroatoms. The van der Waals surface area contributed by atoms with Gasteiger partial charge >= 0.3 is 5.97 Å². The molecule has 1 saturated heterocycles. The number of nitrogens with one attached hydrogen (secondary N) is 1. The van der Waals surface area contributed by atoms with Gasteiger partial charge in [0, 0.05) is 5.75 Å². The van der Waals surface area contributed by atoms with Crippen LogP contribution in [0, 0.1) is 5.82 Å². The molecule has 0 spiro atoms. The number of rotatable bonds is 2. The Hall–Kier alpha value is -1.07. The fourth-order valence-electron chi connectivity index (χ4n) is 1.44. The van der Waals surface area contributed by atoms with Crippen molar-refractivity contribution in [2.45, 2.75) is 11.4 Å². The summed E-state index contributed by atoms with van der Waals surface area (Å²) < 4.78 is 12.7. The standard InChI is InChI=1S/C10H10FNO2S/c11-7-3-1-6(2-4-7)9-12-8(5-15-9)10(13)14/h1-4,8-9,12H,5H2,(H,13,14)/t8-,9?/m1/s1. The van der Waals surface area contributed by atoms with E-state index in [1.165, 1.54) is 23.9 Å². The second kappa shape index (κ2) is 4.20. The first kappa shape index (κ1) is 10.4. The third-order valence-corrected chi connectivity index (χ3v) is 3.52. The van der Waals surface area contributed by atoms with E-state index in [1.54, 1.807) is 12.1 Å². The van der Waals surface area contributed by atoms with Crippen molar-refractivity contribution in [2.75, 3.05) is 5.75 Å². The van der Waals surface area contributed by atoms with Crippen LogP contribution in [0.15, 0.2) is 24.3 Å². The smallest absolute Gasteiger partial charge is 0.321 e. The van der Waals surface area contributed by atoms with Crippen molar-refractivity contribution in [3.63, 3.8) is 0 Å². The van der Waals surface area contributed by atoms with Gasteiger partial charge in [0.05, 0.1) is 5.37 Å². The SMILES string of the molecule is O=C(O)[C@H]1CSC(c2ccc(F)cc2)N1. The van der Waals surface area contributed by atoms with E-state index in [0.29, 0.717) is 5.75 Å². The Morgan fingerprint density at radius 3 is 2.67 bits per heavy atom. The van der Waals surface area contributed by atoms with Crippen molar-refractivity contribution >= 4 is 17.7 Å². The molecule has 1 aliphatic rings. The number of benzene rings is 1. The van der Waals surface area contributed by atoms with Gasteiger partial charge in [0.15, 0.2) is 0 Å². The summed E-state index contributed by atoms with van der Waals surface area (Å²) in [5.41, 5.74) is 0.908. The van der Waals surface area contributed by atoms with E-state index in [-0.39, 0.29) is 11.2 Å². The second-order valence-electron chi connectivity index (χ2n) is 3.32. The van der Waals surface area contributed by atoms with Crippen molar-refractivity contribution in [3.05, 3.63) is 35.6 Å². The lowest BCUT2D eigenvalue weighted by molar-refractivity contribution is -0.138. The van der Waals surface area contributed by atoms with E-state index >= 15 is 0 Å². The molecule has 3 nitrogen and oxygen atoms in total. The van der Waals surface area contributed by atoms with Gasteiger partial charge in [-0.05, 0) is 17.7 Å². The van der Waals surface area contributed by atoms with Gasteiger partial charge in [-0.25, -0.2) is 4.39 Å². The average Bonchev–Trinajstić information content (AvgIpc) is 2.68. The van der Waals surface area contributed by atoms with Gasteiger partial charge in [0.2, 0.25) is 0 Å². The highest BCUT2D eigenvalue weighted by Gasteiger charge is 2.30. The van der Waals surface area contributed by atoms with Crippen molar-refractivity contribution in [1.82, 2.24) is 5.32 Å². The first-order valence-corrected chi connectivity index (χ1v) is 5.57. The fourth-order valence-corrected chi connectivity index (χ4v) is 2.68. The first-order chi connectivity index (χ1) is 7.16. The molecule has 2 rings (SSSR count). The van der Waals surface area contributed by atoms with E-state index in [2.05, 4.69) is 5.32 Å². The minimum atomic E-state index is -0.841. The van der Waals surface area contributed by atoms with E-state index < -0.39 is 12.0 Å². The fraction of sp³-hybridized carbons (Fsp3) is 0.300. The highest BCUT2D eigenvalue weighted by atomic mass is 32.2. The van der Waals surface area contributed by atoms with Gasteiger partial charge < -0.3 is 5.11 Å². The number of hydrogen-bond donors (Lipinski definition) is 2. The molecule has 80 valence electrons. The maximum absolute atomic E-state index is 12.7. The Bertz CT molecular complexity index is 368. The lowest BCUT2D eigenvalue weighted by Crippen LogP contribution is -2.33. The molecule has 2 N–H and O–H groups in total. The topological polar surface area (TPSA) is 49.3 Å². The third-order valence-electron chi connectivity index (χ3n) is 2.25. The number of halogens is 1. The van der Waals surface area contributed by atoms with Crippen LogP contribution in [0.1, 0.15) is 10.9 Å². The maximum Gasteiger partial charge on any atom is 0.321 e. The predicted molar refractivity (Wildman–Crippen MR) is 56.2 cm³/mol. The summed E-state index contributed by atoms with van der Waals surface area (Å²) in [5, 5.41) is 11.7. The molecule has 1 unspecified atom stereocenters. The Kier molecular flexibility index (Phi) is 2.93. The molecule has 0 saturated carbocycles. The normalized spacial score (nSPS) is 25.4. The number of hydrogen-bond acceptors (Lipinski definition) is 3. The average molecular weight is 227 g/mol. The van der Waals surface area contributed by atoms with Gasteiger partial charge in [-0.2, -0.15) is 0 Å². The molecular weight excluding hydrogens is 217 g/mol. The van der Waals surface area contributed by atoms with Gasteiger partial charge in [0.1, 0.15) is 11.9 Å². The Balaban J connectivity index is 2.07. The molecule has 0 aliphatic carbocycles. The summed E-state index contributed by atoms with van der Waals surface area (Å²) in [6, 6.07) is 5.59. The zero-order valence-corrected chi connectivity index (χ0v) is 8.63. The molecule has 1 aromatic rings. The number of thioether (sulfide) groups is 1. The van der Waals surface area contributed by atoms with E-state index in [9.17, 15) is 9.18 Å². The zero-order chi connectivity index (χ0) is 10.8. The molecule has 0 aromatic heterocycles. The summed E-state index contributed by atoms with van der Waals surface area (Å²) in [6.07, 6.45) is 0. The van der Waals surface area contributed by atoms with Gasteiger partial charge in [-0.1, -0.05) is 12.1 Å². The summed E-state index contributed by atoms with van der Waals surface area (Å²) in [4.78, 5) is 10.7. The highest BCUT2D eigenvalue weighted by Crippen LogP contribution is 2.32. The third kappa shape index (κ3) is 2.30. The Morgan fingerprint density at radius 1 is 1.47 bits per heavy atom. The molecule has 0 bridgehead atoms. The van der Waals surface area contributed by atoms with Crippen LogP contribution in [0.5, 0.6) is 0 Å². The second-order valence-corrected chi connectivity index (χ2v) is 4.46. The van der Waals surface area contributed by atoms with E-state index in [0.717, 1.165) is 5.56 Å². The van der Waals surface area contributed by atoms with Crippen LogP contribution in [0.4, 0.5) is 4.39 Å². The van der Waals surface area contributed by atoms with Crippen molar-refractivity contribution in [2.24, 2.45) is 0 Å². The molecule has 1 aliphatic heterocycles. The zero-order valence-electron chi connectivity index (χ0n) is 7.81. The highest BCUT2D eigenvalue weighted by molar-refractivity contribution is 7.99. The lowest BCUT2D eigenvalue weighted by Gasteiger charge is -2.10. The van der Waals surface area contributed by atoms with Gasteiger partial charge in [0.25, 0.3) is 0 Å². The molecular formula is C10H10FNO2S. The van der Waals surface area contributed by atoms with E-state index in [1.807, 2.05) is 0 Å². The Labute approximate surface area is 90.7 Å². The molecule has 1 fully saturated rings. The van der Waals surface area contributed by atoms with Crippen LogP contribution < -0.4 is 5.32 Å². The monoisotopic (exact) mass is 227 g/mol. The van der Waals surface area contributed by atoms with Crippen LogP contribution in [0.25, 0.3) is 0 Å². The molecule has 15 heavy (non-hydrogen) atoms. The van der Waals surface area contributed by atoms with Gasteiger partial charge in [-0.3, -0.25) is 10.1 Å². The number of carboxylic acid groups (broad SMARTS) is 1. The quantitative estimate of drug-likeness (QED) is 0.806. The minimum absolute atomic E-state index is 0.0494. The summed E-state index contributed by atoms with van der Waals surface area (Å²) in [6.45, 7) is 0. The lowest BCUT2D eigenvalue weighted by atomic mass is 10.2. The molecule has 1 aromatic carbocycles. The van der Waals surface area contributed by atoms with Crippen LogP contribution in [0.3, 0.4) is 0 Å². The Morgan fingerprint density at radius 2 is 2.13 bits per heavy atom. The first-order valence-electron chi connectivity index (χ1n) is 4.53. The van der Waals surface area contributed by atoms with Crippen LogP contribution >= 0.6 is 11.8 Å². The summed E-state index contributed by atoms with van der Waals surface area (Å²) in [7, 11) is 0. The minimum Gasteiger partial charge on any atom is -0.480 e. The predicted octanol–water partition coefficient (Wildman–Crippen LogP) is 1.61. The van der Waals surface area contributed by atoms with Crippen molar-refractivity contribution < 1.29 is 14.3 Å². The number of carbonyl (C=O) groups is 1. The molecule has 2 atom stereocenters. The molecule has 0 radical (unpaired) electrons. The van der Waals surface area contributed by atoms with Crippen molar-refractivity contribution in [3.8, 4) is 0 Å². The van der Waals surface area contributed by atoms with Crippen molar-refractivity contribution in [1.29, 1.82) is 0 Å². The largest absolute Gasteiger partial charge is 0.480 e. The van der Waals surface area contributed by atoms with E-state index in [4.69, 9.17) is 5.11 Å². The summed E-state index contributed by atoms with van der Waals surface area (Å²) in [5.74, 6) is -0.583. The van der Waals surface area contributed by atoms with Crippen LogP contribution in [0.2, 0.25) is 0 Å². The maximum atomic E-state index is 12.7. The van der Waals surface area contributed by atoms with Crippen LogP contribution in [-0.4, -0.2) is 22.9 Å². The molecule has 0 amide bonds. The summed E-state index contributed by atoms with van der Waals surface area (Å²) >= 11 is 1.52. The molecule has 1 heterocycles. The van der Waals surface area contributed by atoms with Gasteiger partial charge in [-0.15, -0.1) is 11.8 Å². The number of aliphatic carboxylic acids is 1.